The smallest absolute Gasteiger partial charge is 0.326 e. The number of thiocarbonyl (C=S) groups is 1. The predicted octanol–water partition coefficient (Wildman–Crippen LogP) is 5.26. The van der Waals surface area contributed by atoms with Gasteiger partial charge in [0.25, 0.3) is 5.91 Å². The van der Waals surface area contributed by atoms with Crippen LogP contribution in [0.5, 0.6) is 11.5 Å². The van der Waals surface area contributed by atoms with Crippen LogP contribution in [0.1, 0.15) is 18.1 Å². The van der Waals surface area contributed by atoms with Gasteiger partial charge in [-0.05, 0) is 42.8 Å². The summed E-state index contributed by atoms with van der Waals surface area (Å²) in [5.74, 6) is -0.603. The number of amides is 1. The van der Waals surface area contributed by atoms with Gasteiger partial charge in [-0.1, -0.05) is 59.3 Å². The number of hydrogen-bond donors (Lipinski definition) is 1. The molecule has 1 saturated heterocycles. The summed E-state index contributed by atoms with van der Waals surface area (Å²) < 4.78 is 11.5. The predicted molar refractivity (Wildman–Crippen MR) is 126 cm³/mol. The molecule has 6 nitrogen and oxygen atoms in total. The van der Waals surface area contributed by atoms with E-state index in [1.54, 1.807) is 42.5 Å². The summed E-state index contributed by atoms with van der Waals surface area (Å²) in [6.45, 7) is 1.63. The minimum Gasteiger partial charge on any atom is -0.493 e. The number of hydrogen-bond acceptors (Lipinski definition) is 6. The molecular formula is C21H17Cl2NO5S2. The average molecular weight is 498 g/mol. The largest absolute Gasteiger partial charge is 0.493 e. The molecule has 1 N–H and O–H groups in total. The number of carbonyl (C=O) groups is 2. The molecule has 0 bridgehead atoms. The first-order chi connectivity index (χ1) is 14.7. The number of nitrogens with zero attached hydrogens (tertiary/aromatic N) is 1. The Bertz CT molecular complexity index is 1090. The molecular weight excluding hydrogens is 481 g/mol. The van der Waals surface area contributed by atoms with Crippen LogP contribution in [-0.4, -0.2) is 39.4 Å². The van der Waals surface area contributed by atoms with E-state index >= 15 is 0 Å². The quantitative estimate of drug-likeness (QED) is 0.413. The molecule has 162 valence electrons. The SMILES string of the molecule is COc1cc(/C=C2\SC(=S)N([C@H](C)C(=O)O)C2=O)ccc1OCc1ccc(Cl)cc1Cl. The number of carboxylic acids is 1. The molecule has 3 rings (SSSR count). The molecule has 2 aromatic rings. The number of rotatable bonds is 7. The topological polar surface area (TPSA) is 76.1 Å². The summed E-state index contributed by atoms with van der Waals surface area (Å²) in [5, 5.41) is 10.2. The maximum Gasteiger partial charge on any atom is 0.326 e. The number of methoxy groups -OCH3 is 1. The van der Waals surface area contributed by atoms with Crippen LogP contribution in [0, 0.1) is 0 Å². The standard InChI is InChI=1S/C21H17Cl2NO5S2/c1-11(20(26)27)24-19(25)18(31-21(24)30)8-12-3-6-16(17(7-12)28-2)29-10-13-4-5-14(22)9-15(13)23/h3-9,11H,10H2,1-2H3,(H,26,27)/b18-8-/t11-/m1/s1. The van der Waals surface area contributed by atoms with Crippen molar-refractivity contribution in [2.75, 3.05) is 7.11 Å². The minimum atomic E-state index is -1.12. The van der Waals surface area contributed by atoms with Crippen LogP contribution in [0.25, 0.3) is 6.08 Å². The van der Waals surface area contributed by atoms with E-state index in [0.717, 1.165) is 22.2 Å². The van der Waals surface area contributed by atoms with E-state index in [2.05, 4.69) is 0 Å². The number of aliphatic carboxylic acids is 1. The third-order valence-corrected chi connectivity index (χ3v) is 6.37. The highest BCUT2D eigenvalue weighted by Gasteiger charge is 2.38. The molecule has 1 atom stereocenters. The highest BCUT2D eigenvalue weighted by Crippen LogP contribution is 2.36. The fourth-order valence-corrected chi connectivity index (χ4v) is 4.64. The fourth-order valence-electron chi connectivity index (χ4n) is 2.76. The Balaban J connectivity index is 1.79. The fraction of sp³-hybridized carbons (Fsp3) is 0.190. The summed E-state index contributed by atoms with van der Waals surface area (Å²) in [6.07, 6.45) is 1.64. The van der Waals surface area contributed by atoms with Gasteiger partial charge in [-0.15, -0.1) is 0 Å². The number of thioether (sulfide) groups is 1. The highest BCUT2D eigenvalue weighted by atomic mass is 35.5. The van der Waals surface area contributed by atoms with E-state index in [9.17, 15) is 14.7 Å². The van der Waals surface area contributed by atoms with E-state index in [1.807, 2.05) is 0 Å². The zero-order valence-electron chi connectivity index (χ0n) is 16.4. The lowest BCUT2D eigenvalue weighted by atomic mass is 10.1. The van der Waals surface area contributed by atoms with E-state index < -0.39 is 17.9 Å². The molecule has 0 unspecified atom stereocenters. The van der Waals surface area contributed by atoms with Crippen LogP contribution in [0.4, 0.5) is 0 Å². The van der Waals surface area contributed by atoms with E-state index in [-0.39, 0.29) is 10.9 Å². The Labute approximate surface area is 198 Å². The normalized spacial score (nSPS) is 16.0. The van der Waals surface area contributed by atoms with Gasteiger partial charge in [0, 0.05) is 15.6 Å². The van der Waals surface area contributed by atoms with Crippen molar-refractivity contribution in [1.29, 1.82) is 0 Å². The number of halogens is 2. The Hall–Kier alpha value is -2.26. The summed E-state index contributed by atoms with van der Waals surface area (Å²) in [7, 11) is 1.51. The molecule has 1 heterocycles. The molecule has 31 heavy (non-hydrogen) atoms. The second kappa shape index (κ2) is 9.91. The number of carboxylic acid groups (broad SMARTS) is 1. The van der Waals surface area contributed by atoms with Gasteiger partial charge < -0.3 is 14.6 Å². The molecule has 2 aromatic carbocycles. The molecule has 0 radical (unpaired) electrons. The van der Waals surface area contributed by atoms with Crippen LogP contribution in [0.3, 0.4) is 0 Å². The van der Waals surface area contributed by atoms with Crippen LogP contribution >= 0.6 is 47.2 Å². The Morgan fingerprint density at radius 2 is 2.00 bits per heavy atom. The summed E-state index contributed by atoms with van der Waals surface area (Å²) in [4.78, 5) is 25.3. The van der Waals surface area contributed by atoms with Crippen molar-refractivity contribution in [3.63, 3.8) is 0 Å². The van der Waals surface area contributed by atoms with Gasteiger partial charge in [0.15, 0.2) is 11.5 Å². The van der Waals surface area contributed by atoms with Gasteiger partial charge in [0.05, 0.1) is 12.0 Å². The van der Waals surface area contributed by atoms with Crippen molar-refractivity contribution >= 4 is 69.5 Å². The van der Waals surface area contributed by atoms with Gasteiger partial charge in [-0.2, -0.15) is 0 Å². The van der Waals surface area contributed by atoms with Gasteiger partial charge in [-0.3, -0.25) is 9.69 Å². The Morgan fingerprint density at radius 1 is 1.26 bits per heavy atom. The lowest BCUT2D eigenvalue weighted by molar-refractivity contribution is -0.144. The first-order valence-corrected chi connectivity index (χ1v) is 10.9. The summed E-state index contributed by atoms with van der Waals surface area (Å²) in [5.41, 5.74) is 1.45. The maximum atomic E-state index is 12.6. The second-order valence-corrected chi connectivity index (χ2v) is 9.02. The summed E-state index contributed by atoms with van der Waals surface area (Å²) in [6, 6.07) is 9.31. The first-order valence-electron chi connectivity index (χ1n) is 8.96. The molecule has 1 fully saturated rings. The van der Waals surface area contributed by atoms with Gasteiger partial charge in [0.1, 0.15) is 17.0 Å². The molecule has 1 aliphatic heterocycles. The zero-order chi connectivity index (χ0) is 22.7. The lowest BCUT2D eigenvalue weighted by Gasteiger charge is -2.18. The zero-order valence-corrected chi connectivity index (χ0v) is 19.6. The van der Waals surface area contributed by atoms with Crippen LogP contribution in [0.15, 0.2) is 41.3 Å². The molecule has 10 heteroatoms. The Morgan fingerprint density at radius 3 is 2.65 bits per heavy atom. The second-order valence-electron chi connectivity index (χ2n) is 6.50. The van der Waals surface area contributed by atoms with E-state index in [4.69, 9.17) is 44.9 Å². The lowest BCUT2D eigenvalue weighted by Crippen LogP contribution is -2.41. The van der Waals surface area contributed by atoms with Crippen LogP contribution in [-0.2, 0) is 16.2 Å². The van der Waals surface area contributed by atoms with Gasteiger partial charge in [-0.25, -0.2) is 4.79 Å². The Kier molecular flexibility index (Phi) is 7.48. The highest BCUT2D eigenvalue weighted by molar-refractivity contribution is 8.26. The first kappa shape index (κ1) is 23.4. The van der Waals surface area contributed by atoms with Crippen molar-refractivity contribution in [3.05, 3.63) is 62.5 Å². The monoisotopic (exact) mass is 497 g/mol. The van der Waals surface area contributed by atoms with Gasteiger partial charge >= 0.3 is 5.97 Å². The van der Waals surface area contributed by atoms with Crippen LogP contribution < -0.4 is 9.47 Å². The van der Waals surface area contributed by atoms with Gasteiger partial charge in [0.2, 0.25) is 0 Å². The molecule has 1 aliphatic rings. The molecule has 0 aliphatic carbocycles. The van der Waals surface area contributed by atoms with Crippen molar-refractivity contribution in [2.45, 2.75) is 19.6 Å². The maximum absolute atomic E-state index is 12.6. The van der Waals surface area contributed by atoms with E-state index in [0.29, 0.717) is 32.0 Å². The van der Waals surface area contributed by atoms with Crippen molar-refractivity contribution in [3.8, 4) is 11.5 Å². The third kappa shape index (κ3) is 5.33. The number of carbonyl (C=O) groups excluding carboxylic acids is 1. The number of ether oxygens (including phenoxy) is 2. The van der Waals surface area contributed by atoms with Crippen molar-refractivity contribution in [1.82, 2.24) is 4.90 Å². The average Bonchev–Trinajstić information content (AvgIpc) is 3.00. The molecule has 1 amide bonds. The summed E-state index contributed by atoms with van der Waals surface area (Å²) >= 11 is 18.3. The number of benzene rings is 2. The van der Waals surface area contributed by atoms with Crippen molar-refractivity contribution in [2.24, 2.45) is 0 Å². The van der Waals surface area contributed by atoms with Crippen LogP contribution in [0.2, 0.25) is 10.0 Å². The minimum absolute atomic E-state index is 0.206. The molecule has 0 spiro atoms. The molecule has 0 aromatic heterocycles. The van der Waals surface area contributed by atoms with E-state index in [1.165, 1.54) is 14.0 Å². The van der Waals surface area contributed by atoms with Crippen molar-refractivity contribution < 1.29 is 24.2 Å². The molecule has 0 saturated carbocycles. The third-order valence-electron chi connectivity index (χ3n) is 4.45.